The van der Waals surface area contributed by atoms with Gasteiger partial charge in [-0.1, -0.05) is 12.1 Å². The lowest BCUT2D eigenvalue weighted by Crippen LogP contribution is -2.21. The maximum absolute atomic E-state index is 9.74. The Kier molecular flexibility index (Phi) is 5.42. The fourth-order valence-corrected chi connectivity index (χ4v) is 2.27. The molecule has 0 spiro atoms. The van der Waals surface area contributed by atoms with Gasteiger partial charge in [0.15, 0.2) is 11.5 Å². The maximum atomic E-state index is 9.74. The van der Waals surface area contributed by atoms with Gasteiger partial charge in [0.25, 0.3) is 0 Å². The Hall–Kier alpha value is -2.49. The molecule has 0 heterocycles. The van der Waals surface area contributed by atoms with E-state index in [9.17, 15) is 5.11 Å². The molecule has 0 fully saturated rings. The van der Waals surface area contributed by atoms with Gasteiger partial charge in [0.2, 0.25) is 0 Å². The standard InChI is InChI=1S/C18H22N2O2/c1-4-20(5-2)16-9-6-14(7-10-16)13-19-15-8-11-18(22-3)17(21)12-15/h6-13,21H,4-5H2,1-3H3. The molecule has 4 heteroatoms. The molecule has 0 amide bonds. The van der Waals surface area contributed by atoms with Crippen molar-refractivity contribution in [2.24, 2.45) is 4.99 Å². The predicted molar refractivity (Wildman–Crippen MR) is 91.9 cm³/mol. The fourth-order valence-electron chi connectivity index (χ4n) is 2.27. The summed E-state index contributed by atoms with van der Waals surface area (Å²) in [6.45, 7) is 6.29. The number of phenols is 1. The number of aliphatic imine (C=N–C) groups is 1. The normalized spacial score (nSPS) is 10.9. The average molecular weight is 298 g/mol. The Morgan fingerprint density at radius 3 is 2.32 bits per heavy atom. The topological polar surface area (TPSA) is 45.1 Å². The van der Waals surface area contributed by atoms with Gasteiger partial charge in [0.1, 0.15) is 0 Å². The molecule has 2 aromatic rings. The van der Waals surface area contributed by atoms with Crippen molar-refractivity contribution in [1.29, 1.82) is 0 Å². The largest absolute Gasteiger partial charge is 0.504 e. The molecule has 0 bridgehead atoms. The lowest BCUT2D eigenvalue weighted by atomic mass is 10.2. The summed E-state index contributed by atoms with van der Waals surface area (Å²) in [5.41, 5.74) is 2.92. The van der Waals surface area contributed by atoms with Crippen LogP contribution in [0.15, 0.2) is 47.5 Å². The quantitative estimate of drug-likeness (QED) is 0.820. The molecule has 4 nitrogen and oxygen atoms in total. The highest BCUT2D eigenvalue weighted by Gasteiger charge is 2.02. The van der Waals surface area contributed by atoms with Gasteiger partial charge in [-0.05, 0) is 43.7 Å². The highest BCUT2D eigenvalue weighted by Crippen LogP contribution is 2.29. The smallest absolute Gasteiger partial charge is 0.160 e. The molecule has 0 aliphatic carbocycles. The Morgan fingerprint density at radius 2 is 1.77 bits per heavy atom. The van der Waals surface area contributed by atoms with E-state index in [0.717, 1.165) is 18.7 Å². The molecule has 2 aromatic carbocycles. The fraction of sp³-hybridized carbons (Fsp3) is 0.278. The summed E-state index contributed by atoms with van der Waals surface area (Å²) < 4.78 is 5.01. The first-order valence-corrected chi connectivity index (χ1v) is 7.44. The molecule has 0 radical (unpaired) electrons. The molecule has 0 aromatic heterocycles. The Morgan fingerprint density at radius 1 is 1.09 bits per heavy atom. The van der Waals surface area contributed by atoms with Crippen LogP contribution in [0.4, 0.5) is 11.4 Å². The van der Waals surface area contributed by atoms with Gasteiger partial charge >= 0.3 is 0 Å². The summed E-state index contributed by atoms with van der Waals surface area (Å²) in [5, 5.41) is 9.74. The Bertz CT molecular complexity index is 632. The minimum absolute atomic E-state index is 0.0917. The van der Waals surface area contributed by atoms with E-state index in [4.69, 9.17) is 4.74 Å². The van der Waals surface area contributed by atoms with Crippen molar-refractivity contribution in [2.45, 2.75) is 13.8 Å². The summed E-state index contributed by atoms with van der Waals surface area (Å²) >= 11 is 0. The van der Waals surface area contributed by atoms with E-state index >= 15 is 0 Å². The number of aromatic hydroxyl groups is 1. The highest BCUT2D eigenvalue weighted by molar-refractivity contribution is 5.82. The van der Waals surface area contributed by atoms with Gasteiger partial charge in [0.05, 0.1) is 12.8 Å². The van der Waals surface area contributed by atoms with E-state index < -0.39 is 0 Å². The third kappa shape index (κ3) is 3.79. The van der Waals surface area contributed by atoms with E-state index in [-0.39, 0.29) is 5.75 Å². The lowest BCUT2D eigenvalue weighted by molar-refractivity contribution is 0.373. The molecule has 116 valence electrons. The van der Waals surface area contributed by atoms with E-state index in [1.165, 1.54) is 12.8 Å². The van der Waals surface area contributed by atoms with Crippen molar-refractivity contribution in [2.75, 3.05) is 25.1 Å². The first-order valence-electron chi connectivity index (χ1n) is 7.44. The van der Waals surface area contributed by atoms with Gasteiger partial charge in [-0.2, -0.15) is 0 Å². The number of ether oxygens (including phenoxy) is 1. The zero-order valence-corrected chi connectivity index (χ0v) is 13.3. The number of methoxy groups -OCH3 is 1. The second kappa shape index (κ2) is 7.50. The minimum Gasteiger partial charge on any atom is -0.504 e. The van der Waals surface area contributed by atoms with Crippen LogP contribution >= 0.6 is 0 Å². The van der Waals surface area contributed by atoms with Gasteiger partial charge in [-0.25, -0.2) is 0 Å². The summed E-state index contributed by atoms with van der Waals surface area (Å²) in [6, 6.07) is 13.4. The predicted octanol–water partition coefficient (Wildman–Crippen LogP) is 4.00. The molecule has 0 saturated carbocycles. The monoisotopic (exact) mass is 298 g/mol. The molecule has 0 aliphatic rings. The Labute approximate surface area is 131 Å². The van der Waals surface area contributed by atoms with Crippen LogP contribution in [0.1, 0.15) is 19.4 Å². The molecule has 0 saturated heterocycles. The third-order valence-corrected chi connectivity index (χ3v) is 3.55. The summed E-state index contributed by atoms with van der Waals surface area (Å²) in [6.07, 6.45) is 1.78. The molecule has 0 unspecified atom stereocenters. The van der Waals surface area contributed by atoms with E-state index in [1.807, 2.05) is 12.1 Å². The molecule has 22 heavy (non-hydrogen) atoms. The zero-order chi connectivity index (χ0) is 15.9. The number of nitrogens with zero attached hydrogens (tertiary/aromatic N) is 2. The van der Waals surface area contributed by atoms with Crippen molar-refractivity contribution < 1.29 is 9.84 Å². The van der Waals surface area contributed by atoms with E-state index in [2.05, 4.69) is 35.9 Å². The summed E-state index contributed by atoms with van der Waals surface area (Å²) in [5.74, 6) is 0.538. The highest BCUT2D eigenvalue weighted by atomic mass is 16.5. The molecule has 0 aliphatic heterocycles. The van der Waals surface area contributed by atoms with Gasteiger partial charge in [0, 0.05) is 31.1 Å². The maximum Gasteiger partial charge on any atom is 0.160 e. The van der Waals surface area contributed by atoms with Crippen molar-refractivity contribution in [1.82, 2.24) is 0 Å². The second-order valence-electron chi connectivity index (χ2n) is 4.88. The van der Waals surface area contributed by atoms with Crippen LogP contribution in [0.25, 0.3) is 0 Å². The van der Waals surface area contributed by atoms with Crippen LogP contribution in [0.2, 0.25) is 0 Å². The number of rotatable bonds is 6. The summed E-state index contributed by atoms with van der Waals surface area (Å²) in [4.78, 5) is 6.67. The van der Waals surface area contributed by atoms with E-state index in [1.54, 1.807) is 24.4 Å². The molecule has 2 rings (SSSR count). The van der Waals surface area contributed by atoms with E-state index in [0.29, 0.717) is 11.4 Å². The number of hydrogen-bond donors (Lipinski definition) is 1. The SMILES string of the molecule is CCN(CC)c1ccc(C=Nc2ccc(OC)c(O)c2)cc1. The molecular weight excluding hydrogens is 276 g/mol. The third-order valence-electron chi connectivity index (χ3n) is 3.55. The van der Waals surface area contributed by atoms with Crippen LogP contribution in [0.5, 0.6) is 11.5 Å². The average Bonchev–Trinajstić information content (AvgIpc) is 2.55. The number of hydrogen-bond acceptors (Lipinski definition) is 4. The lowest BCUT2D eigenvalue weighted by Gasteiger charge is -2.20. The van der Waals surface area contributed by atoms with Gasteiger partial charge in [-0.3, -0.25) is 4.99 Å². The minimum atomic E-state index is 0.0917. The second-order valence-corrected chi connectivity index (χ2v) is 4.88. The number of benzene rings is 2. The van der Waals surface area contributed by atoms with Crippen LogP contribution in [-0.2, 0) is 0 Å². The van der Waals surface area contributed by atoms with Gasteiger partial charge in [-0.15, -0.1) is 0 Å². The molecular formula is C18H22N2O2. The molecule has 1 N–H and O–H groups in total. The van der Waals surface area contributed by atoms with Crippen molar-refractivity contribution in [3.8, 4) is 11.5 Å². The van der Waals surface area contributed by atoms with Crippen LogP contribution in [-0.4, -0.2) is 31.5 Å². The van der Waals surface area contributed by atoms with Crippen molar-refractivity contribution >= 4 is 17.6 Å². The zero-order valence-electron chi connectivity index (χ0n) is 13.3. The number of anilines is 1. The van der Waals surface area contributed by atoms with Crippen LogP contribution in [0.3, 0.4) is 0 Å². The first-order chi connectivity index (χ1) is 10.7. The van der Waals surface area contributed by atoms with Crippen molar-refractivity contribution in [3.63, 3.8) is 0 Å². The first kappa shape index (κ1) is 15.9. The number of phenolic OH excluding ortho intramolecular Hbond substituents is 1. The molecule has 0 atom stereocenters. The van der Waals surface area contributed by atoms with Crippen LogP contribution in [0, 0.1) is 0 Å². The van der Waals surface area contributed by atoms with Crippen LogP contribution < -0.4 is 9.64 Å². The van der Waals surface area contributed by atoms with Gasteiger partial charge < -0.3 is 14.7 Å². The Balaban J connectivity index is 2.11. The van der Waals surface area contributed by atoms with Crippen molar-refractivity contribution in [3.05, 3.63) is 48.0 Å². The summed E-state index contributed by atoms with van der Waals surface area (Å²) in [7, 11) is 1.52.